The van der Waals surface area contributed by atoms with Gasteiger partial charge in [-0.3, -0.25) is 0 Å². The van der Waals surface area contributed by atoms with Crippen molar-refractivity contribution >= 4 is 11.7 Å². The van der Waals surface area contributed by atoms with Crippen LogP contribution in [0, 0.1) is 5.82 Å². The van der Waals surface area contributed by atoms with Crippen LogP contribution in [0.25, 0.3) is 0 Å². The van der Waals surface area contributed by atoms with Crippen molar-refractivity contribution in [2.75, 3.05) is 5.32 Å². The molecule has 0 aliphatic heterocycles. The summed E-state index contributed by atoms with van der Waals surface area (Å²) in [6, 6.07) is 3.78. The zero-order valence-electron chi connectivity index (χ0n) is 12.0. The summed E-state index contributed by atoms with van der Waals surface area (Å²) in [5.41, 5.74) is -0.176. The summed E-state index contributed by atoms with van der Waals surface area (Å²) < 4.78 is 13.3. The summed E-state index contributed by atoms with van der Waals surface area (Å²) in [5, 5.41) is 23.9. The average molecular weight is 293 g/mol. The van der Waals surface area contributed by atoms with Crippen LogP contribution in [0.3, 0.4) is 0 Å². The second kappa shape index (κ2) is 5.47. The first-order chi connectivity index (χ1) is 9.77. The number of carbonyl (C=O) groups is 1. The molecule has 0 atom stereocenters. The molecule has 1 heterocycles. The van der Waals surface area contributed by atoms with Crippen LogP contribution in [0.4, 0.5) is 10.1 Å². The molecule has 0 saturated carbocycles. The third-order valence-electron chi connectivity index (χ3n) is 2.70. The van der Waals surface area contributed by atoms with Crippen LogP contribution < -0.4 is 5.32 Å². The third-order valence-corrected chi connectivity index (χ3v) is 2.70. The van der Waals surface area contributed by atoms with Crippen LogP contribution in [-0.2, 0) is 12.1 Å². The molecule has 1 aromatic carbocycles. The summed E-state index contributed by atoms with van der Waals surface area (Å²) in [7, 11) is 0. The van der Waals surface area contributed by atoms with Crippen molar-refractivity contribution in [1.29, 1.82) is 0 Å². The molecule has 2 aromatic rings. The van der Waals surface area contributed by atoms with Gasteiger partial charge < -0.3 is 10.4 Å². The van der Waals surface area contributed by atoms with E-state index in [0.717, 1.165) is 6.07 Å². The number of carboxylic acid groups (broad SMARTS) is 1. The number of hydrogen-bond donors (Lipinski definition) is 2. The molecule has 7 nitrogen and oxygen atoms in total. The molecule has 0 fully saturated rings. The lowest BCUT2D eigenvalue weighted by atomic mass is 10.1. The monoisotopic (exact) mass is 293 g/mol. The van der Waals surface area contributed by atoms with E-state index in [1.807, 2.05) is 20.8 Å². The third kappa shape index (κ3) is 3.53. The highest BCUT2D eigenvalue weighted by Gasteiger charge is 2.17. The van der Waals surface area contributed by atoms with Gasteiger partial charge in [-0.15, -0.1) is 10.2 Å². The molecule has 0 bridgehead atoms. The molecular weight excluding hydrogens is 277 g/mol. The number of rotatable bonds is 4. The van der Waals surface area contributed by atoms with Crippen LogP contribution >= 0.6 is 0 Å². The smallest absolute Gasteiger partial charge is 0.338 e. The minimum atomic E-state index is -1.31. The molecule has 1 aromatic heterocycles. The van der Waals surface area contributed by atoms with Gasteiger partial charge in [0, 0.05) is 5.69 Å². The molecule has 0 spiro atoms. The summed E-state index contributed by atoms with van der Waals surface area (Å²) >= 11 is 0. The van der Waals surface area contributed by atoms with E-state index in [1.165, 1.54) is 16.9 Å². The van der Waals surface area contributed by atoms with Gasteiger partial charge in [0.05, 0.1) is 17.6 Å². The Balaban J connectivity index is 2.08. The second-order valence-electron chi connectivity index (χ2n) is 5.52. The van der Waals surface area contributed by atoms with Gasteiger partial charge in [0.15, 0.2) is 5.82 Å². The second-order valence-corrected chi connectivity index (χ2v) is 5.52. The molecular formula is C13H16FN5O2. The molecule has 0 radical (unpaired) electrons. The minimum absolute atomic E-state index is 0.265. The molecule has 112 valence electrons. The van der Waals surface area contributed by atoms with Gasteiger partial charge >= 0.3 is 5.97 Å². The summed E-state index contributed by atoms with van der Waals surface area (Å²) in [6.07, 6.45) is 0. The first kappa shape index (κ1) is 14.9. The molecule has 2 N–H and O–H groups in total. The number of halogens is 1. The fraction of sp³-hybridized carbons (Fsp3) is 0.385. The topological polar surface area (TPSA) is 92.9 Å². The van der Waals surface area contributed by atoms with Crippen molar-refractivity contribution in [1.82, 2.24) is 20.2 Å². The Morgan fingerprint density at radius 2 is 2.14 bits per heavy atom. The van der Waals surface area contributed by atoms with E-state index in [0.29, 0.717) is 11.5 Å². The van der Waals surface area contributed by atoms with Crippen LogP contribution in [0.2, 0.25) is 0 Å². The number of nitrogens with zero attached hydrogens (tertiary/aromatic N) is 4. The van der Waals surface area contributed by atoms with E-state index in [1.54, 1.807) is 0 Å². The van der Waals surface area contributed by atoms with E-state index >= 15 is 0 Å². The lowest BCUT2D eigenvalue weighted by Gasteiger charge is -2.15. The maximum atomic E-state index is 13.3. The fourth-order valence-corrected chi connectivity index (χ4v) is 1.58. The van der Waals surface area contributed by atoms with Crippen LogP contribution in [0.15, 0.2) is 18.2 Å². The normalized spacial score (nSPS) is 11.4. The van der Waals surface area contributed by atoms with Gasteiger partial charge in [-0.1, -0.05) is 0 Å². The standard InChI is InChI=1S/C13H16FN5O2/c1-13(2,3)19-17-11(16-18-19)7-15-8-4-5-10(14)9(6-8)12(20)21/h4-6,15H,7H2,1-3H3,(H,20,21). The number of anilines is 1. The largest absolute Gasteiger partial charge is 0.478 e. The van der Waals surface area contributed by atoms with Gasteiger partial charge in [-0.2, -0.15) is 4.80 Å². The lowest BCUT2D eigenvalue weighted by Crippen LogP contribution is -2.24. The zero-order valence-corrected chi connectivity index (χ0v) is 12.0. The van der Waals surface area contributed by atoms with Crippen molar-refractivity contribution in [3.05, 3.63) is 35.4 Å². The van der Waals surface area contributed by atoms with Crippen molar-refractivity contribution < 1.29 is 14.3 Å². The summed E-state index contributed by atoms with van der Waals surface area (Å²) in [5.74, 6) is -1.62. The SMILES string of the molecule is CC(C)(C)n1nnc(CNc2ccc(F)c(C(=O)O)c2)n1. The quantitative estimate of drug-likeness (QED) is 0.894. The van der Waals surface area contributed by atoms with E-state index in [4.69, 9.17) is 5.11 Å². The van der Waals surface area contributed by atoms with Gasteiger partial charge in [0.25, 0.3) is 0 Å². The Bertz CT molecular complexity index is 663. The first-order valence-corrected chi connectivity index (χ1v) is 6.33. The van der Waals surface area contributed by atoms with Crippen LogP contribution in [0.5, 0.6) is 0 Å². The number of benzene rings is 1. The molecule has 21 heavy (non-hydrogen) atoms. The zero-order chi connectivity index (χ0) is 15.6. The number of aromatic nitrogens is 4. The molecule has 8 heteroatoms. The number of tetrazole rings is 1. The maximum Gasteiger partial charge on any atom is 0.338 e. The predicted molar refractivity (Wildman–Crippen MR) is 73.5 cm³/mol. The Kier molecular flexibility index (Phi) is 3.88. The maximum absolute atomic E-state index is 13.3. The molecule has 0 aliphatic carbocycles. The van der Waals surface area contributed by atoms with Crippen LogP contribution in [-0.4, -0.2) is 31.3 Å². The Morgan fingerprint density at radius 1 is 1.43 bits per heavy atom. The van der Waals surface area contributed by atoms with Gasteiger partial charge in [-0.25, -0.2) is 9.18 Å². The minimum Gasteiger partial charge on any atom is -0.478 e. The molecule has 0 amide bonds. The number of carboxylic acids is 1. The number of aromatic carboxylic acids is 1. The van der Waals surface area contributed by atoms with Crippen LogP contribution in [0.1, 0.15) is 37.0 Å². The van der Waals surface area contributed by atoms with E-state index < -0.39 is 11.8 Å². The first-order valence-electron chi connectivity index (χ1n) is 6.33. The Hall–Kier alpha value is -2.51. The predicted octanol–water partition coefficient (Wildman–Crippen LogP) is 1.88. The molecule has 0 unspecified atom stereocenters. The highest BCUT2D eigenvalue weighted by molar-refractivity contribution is 5.89. The molecule has 2 rings (SSSR count). The summed E-state index contributed by atoms with van der Waals surface area (Å²) in [4.78, 5) is 12.4. The van der Waals surface area contributed by atoms with Crippen molar-refractivity contribution in [2.45, 2.75) is 32.9 Å². The van der Waals surface area contributed by atoms with Gasteiger partial charge in [0.1, 0.15) is 5.82 Å². The summed E-state index contributed by atoms with van der Waals surface area (Å²) in [6.45, 7) is 6.11. The highest BCUT2D eigenvalue weighted by Crippen LogP contribution is 2.15. The number of nitrogens with one attached hydrogen (secondary N) is 1. The Labute approximate surface area is 120 Å². The lowest BCUT2D eigenvalue weighted by molar-refractivity contribution is 0.0692. The average Bonchev–Trinajstić information content (AvgIpc) is 2.86. The van der Waals surface area contributed by atoms with Gasteiger partial charge in [0.2, 0.25) is 0 Å². The molecule has 0 aliphatic rings. The molecule has 0 saturated heterocycles. The fourth-order valence-electron chi connectivity index (χ4n) is 1.58. The van der Waals surface area contributed by atoms with Crippen molar-refractivity contribution in [3.63, 3.8) is 0 Å². The van der Waals surface area contributed by atoms with E-state index in [-0.39, 0.29) is 17.6 Å². The van der Waals surface area contributed by atoms with E-state index in [2.05, 4.69) is 20.7 Å². The number of hydrogen-bond acceptors (Lipinski definition) is 5. The van der Waals surface area contributed by atoms with Gasteiger partial charge in [-0.05, 0) is 44.2 Å². The van der Waals surface area contributed by atoms with E-state index in [9.17, 15) is 9.18 Å². The van der Waals surface area contributed by atoms with Crippen molar-refractivity contribution in [2.24, 2.45) is 0 Å². The highest BCUT2D eigenvalue weighted by atomic mass is 19.1. The Morgan fingerprint density at radius 3 is 2.71 bits per heavy atom. The van der Waals surface area contributed by atoms with Crippen molar-refractivity contribution in [3.8, 4) is 0 Å².